The molecule has 1 saturated heterocycles. The molecule has 2 aromatic heterocycles. The van der Waals surface area contributed by atoms with Gasteiger partial charge in [0.1, 0.15) is 4.21 Å². The van der Waals surface area contributed by atoms with Crippen molar-refractivity contribution in [1.29, 1.82) is 0 Å². The number of hydrogen-bond donors (Lipinski definition) is 1. The van der Waals surface area contributed by atoms with Gasteiger partial charge < -0.3 is 9.84 Å². The Morgan fingerprint density at radius 2 is 2.10 bits per heavy atom. The highest BCUT2D eigenvalue weighted by molar-refractivity contribution is 7.91. The molecule has 1 aliphatic heterocycles. The molecule has 29 heavy (non-hydrogen) atoms. The summed E-state index contributed by atoms with van der Waals surface area (Å²) in [6.45, 7) is 2.23. The average Bonchev–Trinajstić information content (AvgIpc) is 3.38. The van der Waals surface area contributed by atoms with Crippen LogP contribution in [0.4, 0.5) is 5.69 Å². The number of aromatic nitrogens is 2. The first-order valence-corrected chi connectivity index (χ1v) is 11.5. The van der Waals surface area contributed by atoms with Crippen molar-refractivity contribution in [3.8, 4) is 11.4 Å². The van der Waals surface area contributed by atoms with E-state index < -0.39 is 15.9 Å². The Kier molecular flexibility index (Phi) is 5.48. The van der Waals surface area contributed by atoms with Gasteiger partial charge in [-0.3, -0.25) is 4.79 Å². The topological polar surface area (TPSA) is 105 Å². The molecule has 3 heterocycles. The van der Waals surface area contributed by atoms with Crippen molar-refractivity contribution in [2.45, 2.75) is 24.0 Å². The summed E-state index contributed by atoms with van der Waals surface area (Å²) in [6, 6.07) is 10.7. The number of para-hydroxylation sites is 1. The van der Waals surface area contributed by atoms with Gasteiger partial charge in [-0.1, -0.05) is 23.4 Å². The summed E-state index contributed by atoms with van der Waals surface area (Å²) in [4.78, 5) is 16.7. The summed E-state index contributed by atoms with van der Waals surface area (Å²) in [5.41, 5.74) is 1.30. The SMILES string of the molecule is Cc1nc(-c2csc(S(=O)(=O)N3CCCC(C(=O)Nc4ccccc4)C3)c2)no1. The predicted octanol–water partition coefficient (Wildman–Crippen LogP) is 3.15. The lowest BCUT2D eigenvalue weighted by Crippen LogP contribution is -2.43. The van der Waals surface area contributed by atoms with E-state index in [1.807, 2.05) is 30.3 Å². The standard InChI is InChI=1S/C19H20N4O4S2/c1-13-20-18(22-27-13)15-10-17(28-12-15)29(25,26)23-9-5-6-14(11-23)19(24)21-16-7-3-2-4-8-16/h2-4,7-8,10,12,14H,5-6,9,11H2,1H3,(H,21,24). The molecule has 4 rings (SSSR count). The van der Waals surface area contributed by atoms with Crippen LogP contribution >= 0.6 is 11.3 Å². The van der Waals surface area contributed by atoms with Crippen LogP contribution in [0.2, 0.25) is 0 Å². The lowest BCUT2D eigenvalue weighted by Gasteiger charge is -2.30. The van der Waals surface area contributed by atoms with E-state index in [4.69, 9.17) is 4.52 Å². The van der Waals surface area contributed by atoms with Gasteiger partial charge in [0.15, 0.2) is 0 Å². The number of hydrogen-bond acceptors (Lipinski definition) is 7. The number of piperidine rings is 1. The minimum Gasteiger partial charge on any atom is -0.339 e. The number of amides is 1. The van der Waals surface area contributed by atoms with E-state index in [1.165, 1.54) is 4.31 Å². The first-order valence-electron chi connectivity index (χ1n) is 9.19. The predicted molar refractivity (Wildman–Crippen MR) is 109 cm³/mol. The van der Waals surface area contributed by atoms with Gasteiger partial charge in [0.25, 0.3) is 10.0 Å². The van der Waals surface area contributed by atoms with Crippen LogP contribution in [0.5, 0.6) is 0 Å². The summed E-state index contributed by atoms with van der Waals surface area (Å²) < 4.78 is 32.8. The van der Waals surface area contributed by atoms with Crippen LogP contribution in [0.3, 0.4) is 0 Å². The first-order chi connectivity index (χ1) is 13.9. The fraction of sp³-hybridized carbons (Fsp3) is 0.316. The number of sulfonamides is 1. The van der Waals surface area contributed by atoms with Crippen molar-refractivity contribution < 1.29 is 17.7 Å². The van der Waals surface area contributed by atoms with Crippen LogP contribution in [0.1, 0.15) is 18.7 Å². The minimum atomic E-state index is -3.70. The van der Waals surface area contributed by atoms with Crippen molar-refractivity contribution in [2.75, 3.05) is 18.4 Å². The van der Waals surface area contributed by atoms with Gasteiger partial charge >= 0.3 is 0 Å². The highest BCUT2D eigenvalue weighted by atomic mass is 32.2. The number of nitrogens with one attached hydrogen (secondary N) is 1. The molecule has 10 heteroatoms. The smallest absolute Gasteiger partial charge is 0.252 e. The van der Waals surface area contributed by atoms with Crippen LogP contribution in [-0.2, 0) is 14.8 Å². The van der Waals surface area contributed by atoms with Gasteiger partial charge in [-0.2, -0.15) is 9.29 Å². The summed E-state index contributed by atoms with van der Waals surface area (Å²) in [5.74, 6) is 0.223. The number of aryl methyl sites for hydroxylation is 1. The Balaban J connectivity index is 1.48. The molecule has 1 atom stereocenters. The Labute approximate surface area is 172 Å². The normalized spacial score (nSPS) is 17.9. The van der Waals surface area contributed by atoms with E-state index >= 15 is 0 Å². The monoisotopic (exact) mass is 432 g/mol. The maximum absolute atomic E-state index is 13.1. The van der Waals surface area contributed by atoms with Crippen molar-refractivity contribution >= 4 is 33.0 Å². The Hall–Kier alpha value is -2.56. The molecule has 1 amide bonds. The zero-order valence-electron chi connectivity index (χ0n) is 15.7. The lowest BCUT2D eigenvalue weighted by atomic mass is 9.99. The lowest BCUT2D eigenvalue weighted by molar-refractivity contribution is -0.120. The maximum Gasteiger partial charge on any atom is 0.252 e. The Morgan fingerprint density at radius 3 is 2.83 bits per heavy atom. The molecule has 8 nitrogen and oxygen atoms in total. The van der Waals surface area contributed by atoms with E-state index in [9.17, 15) is 13.2 Å². The van der Waals surface area contributed by atoms with Crippen LogP contribution in [0.15, 0.2) is 50.5 Å². The second-order valence-corrected chi connectivity index (χ2v) is 9.92. The van der Waals surface area contributed by atoms with E-state index in [-0.39, 0.29) is 16.7 Å². The fourth-order valence-corrected chi connectivity index (χ4v) is 6.09. The van der Waals surface area contributed by atoms with Gasteiger partial charge in [-0.05, 0) is 31.0 Å². The second-order valence-electron chi connectivity index (χ2n) is 6.85. The molecule has 0 saturated carbocycles. The quantitative estimate of drug-likeness (QED) is 0.664. The number of carbonyl (C=O) groups is 1. The zero-order chi connectivity index (χ0) is 20.4. The minimum absolute atomic E-state index is 0.162. The van der Waals surface area contributed by atoms with Crippen LogP contribution < -0.4 is 5.32 Å². The second kappa shape index (κ2) is 8.05. The molecular weight excluding hydrogens is 412 g/mol. The molecular formula is C19H20N4O4S2. The van der Waals surface area contributed by atoms with Crippen LogP contribution in [0.25, 0.3) is 11.4 Å². The molecule has 0 aliphatic carbocycles. The van der Waals surface area contributed by atoms with Crippen molar-refractivity contribution in [3.63, 3.8) is 0 Å². The number of benzene rings is 1. The van der Waals surface area contributed by atoms with Crippen LogP contribution in [0, 0.1) is 12.8 Å². The van der Waals surface area contributed by atoms with Gasteiger partial charge in [0.2, 0.25) is 17.6 Å². The molecule has 1 unspecified atom stereocenters. The van der Waals surface area contributed by atoms with Crippen LogP contribution in [-0.4, -0.2) is 41.9 Å². The third kappa shape index (κ3) is 4.24. The highest BCUT2D eigenvalue weighted by Gasteiger charge is 2.34. The Morgan fingerprint density at radius 1 is 1.31 bits per heavy atom. The molecule has 0 radical (unpaired) electrons. The average molecular weight is 433 g/mol. The Bertz CT molecular complexity index is 1110. The van der Waals surface area contributed by atoms with Gasteiger partial charge in [-0.25, -0.2) is 8.42 Å². The van der Waals surface area contributed by atoms with Gasteiger partial charge in [0.05, 0.1) is 5.92 Å². The highest BCUT2D eigenvalue weighted by Crippen LogP contribution is 2.31. The molecule has 0 bridgehead atoms. The summed E-state index contributed by atoms with van der Waals surface area (Å²) in [6.07, 6.45) is 1.29. The van der Waals surface area contributed by atoms with E-state index in [1.54, 1.807) is 18.4 Å². The van der Waals surface area contributed by atoms with E-state index in [0.717, 1.165) is 11.3 Å². The van der Waals surface area contributed by atoms with E-state index in [2.05, 4.69) is 15.5 Å². The summed E-state index contributed by atoms with van der Waals surface area (Å²) in [7, 11) is -3.70. The number of thiophene rings is 1. The zero-order valence-corrected chi connectivity index (χ0v) is 17.4. The summed E-state index contributed by atoms with van der Waals surface area (Å²) >= 11 is 1.11. The number of nitrogens with zero attached hydrogens (tertiary/aromatic N) is 3. The largest absolute Gasteiger partial charge is 0.339 e. The van der Waals surface area contributed by atoms with Crippen molar-refractivity contribution in [1.82, 2.24) is 14.4 Å². The molecule has 152 valence electrons. The number of anilines is 1. The first kappa shape index (κ1) is 19.7. The molecule has 1 fully saturated rings. The van der Waals surface area contributed by atoms with Gasteiger partial charge in [0, 0.05) is 36.6 Å². The number of carbonyl (C=O) groups excluding carboxylic acids is 1. The molecule has 1 aliphatic rings. The third-order valence-corrected chi connectivity index (χ3v) is 8.03. The van der Waals surface area contributed by atoms with Crippen molar-refractivity contribution in [2.24, 2.45) is 5.92 Å². The maximum atomic E-state index is 13.1. The molecule has 3 aromatic rings. The molecule has 1 N–H and O–H groups in total. The molecule has 1 aromatic carbocycles. The fourth-order valence-electron chi connectivity index (χ4n) is 3.25. The molecule has 0 spiro atoms. The number of rotatable bonds is 5. The van der Waals surface area contributed by atoms with E-state index in [0.29, 0.717) is 42.4 Å². The van der Waals surface area contributed by atoms with Crippen molar-refractivity contribution in [3.05, 3.63) is 47.7 Å². The third-order valence-electron chi connectivity index (χ3n) is 4.75. The summed E-state index contributed by atoms with van der Waals surface area (Å²) in [5, 5.41) is 8.39. The van der Waals surface area contributed by atoms with Gasteiger partial charge in [-0.15, -0.1) is 11.3 Å².